The minimum absolute atomic E-state index is 0.110. The summed E-state index contributed by atoms with van der Waals surface area (Å²) in [5.74, 6) is 1.73. The van der Waals surface area contributed by atoms with Crippen molar-refractivity contribution in [2.75, 3.05) is 7.05 Å². The van der Waals surface area contributed by atoms with E-state index in [4.69, 9.17) is 9.47 Å². The minimum atomic E-state index is -0.265. The number of carbonyl (C=O) groups excluding carboxylic acids is 1. The molecule has 0 aromatic heterocycles. The van der Waals surface area contributed by atoms with Crippen LogP contribution in [0.5, 0.6) is 5.75 Å². The summed E-state index contributed by atoms with van der Waals surface area (Å²) < 4.78 is 12.1. The Morgan fingerprint density at radius 1 is 1.24 bits per heavy atom. The molecule has 4 heteroatoms. The summed E-state index contributed by atoms with van der Waals surface area (Å²) in [6.45, 7) is 6.47. The van der Waals surface area contributed by atoms with E-state index in [1.807, 2.05) is 44.3 Å². The van der Waals surface area contributed by atoms with Gasteiger partial charge >= 0.3 is 5.97 Å². The Balaban J connectivity index is 2.19. The van der Waals surface area contributed by atoms with Crippen molar-refractivity contribution in [1.82, 2.24) is 5.32 Å². The fourth-order valence-electron chi connectivity index (χ4n) is 3.55. The average molecular weight is 347 g/mol. The molecule has 1 N–H and O–H groups in total. The number of likely N-dealkylation sites (N-methyl/N-ethyl adjacent to an activating group) is 1. The third kappa shape index (κ3) is 6.03. The Morgan fingerprint density at radius 3 is 2.60 bits per heavy atom. The van der Waals surface area contributed by atoms with Crippen LogP contribution in [0.1, 0.15) is 52.9 Å². The van der Waals surface area contributed by atoms with Crippen LogP contribution < -0.4 is 10.1 Å². The summed E-state index contributed by atoms with van der Waals surface area (Å²) >= 11 is 0. The van der Waals surface area contributed by atoms with Crippen molar-refractivity contribution >= 4 is 5.97 Å². The molecule has 0 saturated carbocycles. The lowest BCUT2D eigenvalue weighted by Crippen LogP contribution is -2.42. The van der Waals surface area contributed by atoms with Crippen LogP contribution in [0.2, 0.25) is 0 Å². The van der Waals surface area contributed by atoms with Crippen molar-refractivity contribution in [3.05, 3.63) is 30.3 Å². The van der Waals surface area contributed by atoms with Crippen LogP contribution in [0.25, 0.3) is 0 Å². The monoisotopic (exact) mass is 347 g/mol. The van der Waals surface area contributed by atoms with E-state index in [0.29, 0.717) is 11.8 Å². The fourth-order valence-corrected chi connectivity index (χ4v) is 3.55. The average Bonchev–Trinajstić information content (AvgIpc) is 2.64. The summed E-state index contributed by atoms with van der Waals surface area (Å²) in [4.78, 5) is 12.4. The Hall–Kier alpha value is -1.55. The number of carbonyl (C=O) groups is 1. The SMILES string of the molecule is CN[C@H]1CCC[C@H](CCC(C)C)[C@@H](Oc2ccccc2)[C@H](C)OC1=O. The summed E-state index contributed by atoms with van der Waals surface area (Å²) in [7, 11) is 1.82. The molecule has 0 bridgehead atoms. The number of esters is 1. The van der Waals surface area contributed by atoms with Crippen LogP contribution in [-0.2, 0) is 9.53 Å². The Bertz CT molecular complexity index is 517. The Labute approximate surface area is 152 Å². The van der Waals surface area contributed by atoms with E-state index in [1.165, 1.54) is 0 Å². The quantitative estimate of drug-likeness (QED) is 0.784. The van der Waals surface area contributed by atoms with Gasteiger partial charge in [-0.2, -0.15) is 0 Å². The van der Waals surface area contributed by atoms with Crippen molar-refractivity contribution in [3.63, 3.8) is 0 Å². The molecule has 1 aromatic carbocycles. The van der Waals surface area contributed by atoms with E-state index >= 15 is 0 Å². The van der Waals surface area contributed by atoms with Crippen LogP contribution >= 0.6 is 0 Å². The molecule has 2 rings (SSSR count). The van der Waals surface area contributed by atoms with Crippen molar-refractivity contribution in [2.45, 2.75) is 71.1 Å². The smallest absolute Gasteiger partial charge is 0.323 e. The first-order valence-electron chi connectivity index (χ1n) is 9.60. The van der Waals surface area contributed by atoms with Crippen LogP contribution in [-0.4, -0.2) is 31.3 Å². The number of hydrogen-bond acceptors (Lipinski definition) is 4. The highest BCUT2D eigenvalue weighted by Gasteiger charge is 2.34. The van der Waals surface area contributed by atoms with E-state index in [2.05, 4.69) is 19.2 Å². The molecular formula is C21H33NO3. The van der Waals surface area contributed by atoms with E-state index < -0.39 is 0 Å². The first-order chi connectivity index (χ1) is 12.0. The van der Waals surface area contributed by atoms with Crippen LogP contribution in [0.3, 0.4) is 0 Å². The second kappa shape index (κ2) is 9.81. The van der Waals surface area contributed by atoms with Gasteiger partial charge in [0.2, 0.25) is 0 Å². The zero-order chi connectivity index (χ0) is 18.2. The molecule has 0 aliphatic carbocycles. The molecule has 1 saturated heterocycles. The van der Waals surface area contributed by atoms with Gasteiger partial charge in [-0.25, -0.2) is 0 Å². The number of hydrogen-bond donors (Lipinski definition) is 1. The fraction of sp³-hybridized carbons (Fsp3) is 0.667. The van der Waals surface area contributed by atoms with Crippen LogP contribution in [0.15, 0.2) is 30.3 Å². The van der Waals surface area contributed by atoms with Gasteiger partial charge in [-0.15, -0.1) is 0 Å². The molecule has 4 nitrogen and oxygen atoms in total. The topological polar surface area (TPSA) is 47.6 Å². The molecule has 1 aromatic rings. The third-order valence-corrected chi connectivity index (χ3v) is 5.06. The summed E-state index contributed by atoms with van der Waals surface area (Å²) in [5.41, 5.74) is 0. The van der Waals surface area contributed by atoms with Crippen molar-refractivity contribution in [1.29, 1.82) is 0 Å². The highest BCUT2D eigenvalue weighted by atomic mass is 16.6. The molecule has 1 fully saturated rings. The standard InChI is InChI=1S/C21H33NO3/c1-15(2)13-14-17-9-8-12-19(22-4)21(23)24-16(3)20(17)25-18-10-6-5-7-11-18/h5-7,10-11,15-17,19-20,22H,8-9,12-14H2,1-4H3/t16-,17+,19-,20-/m0/s1. The van der Waals surface area contributed by atoms with E-state index in [9.17, 15) is 4.79 Å². The van der Waals surface area contributed by atoms with Gasteiger partial charge in [0.15, 0.2) is 0 Å². The lowest BCUT2D eigenvalue weighted by molar-refractivity contribution is -0.156. The van der Waals surface area contributed by atoms with Gasteiger partial charge in [0, 0.05) is 0 Å². The predicted molar refractivity (Wildman–Crippen MR) is 101 cm³/mol. The Kier molecular flexibility index (Phi) is 7.76. The van der Waals surface area contributed by atoms with Gasteiger partial charge < -0.3 is 14.8 Å². The third-order valence-electron chi connectivity index (χ3n) is 5.06. The number of rotatable bonds is 6. The molecule has 1 heterocycles. The van der Waals surface area contributed by atoms with Gasteiger partial charge in [0.05, 0.1) is 0 Å². The Morgan fingerprint density at radius 2 is 1.96 bits per heavy atom. The van der Waals surface area contributed by atoms with E-state index in [0.717, 1.165) is 37.9 Å². The van der Waals surface area contributed by atoms with Crippen molar-refractivity contribution in [3.8, 4) is 5.75 Å². The summed E-state index contributed by atoms with van der Waals surface area (Å²) in [5, 5.41) is 3.08. The maximum Gasteiger partial charge on any atom is 0.323 e. The van der Waals surface area contributed by atoms with Gasteiger partial charge in [0.25, 0.3) is 0 Å². The van der Waals surface area contributed by atoms with Crippen molar-refractivity contribution < 1.29 is 14.3 Å². The molecule has 1 aliphatic heterocycles. The maximum atomic E-state index is 12.4. The van der Waals surface area contributed by atoms with Gasteiger partial charge in [-0.05, 0) is 57.2 Å². The number of para-hydroxylation sites is 1. The minimum Gasteiger partial charge on any atom is -0.486 e. The molecular weight excluding hydrogens is 314 g/mol. The molecule has 0 spiro atoms. The second-order valence-corrected chi connectivity index (χ2v) is 7.54. The molecule has 140 valence electrons. The highest BCUT2D eigenvalue weighted by molar-refractivity contribution is 5.75. The predicted octanol–water partition coefficient (Wildman–Crippen LogP) is 4.19. The van der Waals surface area contributed by atoms with Gasteiger partial charge in [0.1, 0.15) is 24.0 Å². The van der Waals surface area contributed by atoms with Crippen molar-refractivity contribution in [2.24, 2.45) is 11.8 Å². The molecule has 0 unspecified atom stereocenters. The number of ether oxygens (including phenoxy) is 2. The second-order valence-electron chi connectivity index (χ2n) is 7.54. The van der Waals surface area contributed by atoms with E-state index in [1.54, 1.807) is 0 Å². The zero-order valence-corrected chi connectivity index (χ0v) is 16.0. The summed E-state index contributed by atoms with van der Waals surface area (Å²) in [6.07, 6.45) is 4.77. The van der Waals surface area contributed by atoms with Gasteiger partial charge in [-0.1, -0.05) is 44.9 Å². The number of benzene rings is 1. The molecule has 1 aliphatic rings. The lowest BCUT2D eigenvalue weighted by atomic mass is 9.86. The zero-order valence-electron chi connectivity index (χ0n) is 16.0. The molecule has 4 atom stereocenters. The number of cyclic esters (lactones) is 1. The summed E-state index contributed by atoms with van der Waals surface area (Å²) in [6, 6.07) is 9.65. The highest BCUT2D eigenvalue weighted by Crippen LogP contribution is 2.30. The first kappa shape index (κ1) is 19.8. The number of nitrogens with one attached hydrogen (secondary N) is 1. The normalized spacial score (nSPS) is 28.0. The lowest BCUT2D eigenvalue weighted by Gasteiger charge is -2.32. The van der Waals surface area contributed by atoms with Crippen LogP contribution in [0.4, 0.5) is 0 Å². The van der Waals surface area contributed by atoms with E-state index in [-0.39, 0.29) is 24.2 Å². The largest absolute Gasteiger partial charge is 0.486 e. The maximum absolute atomic E-state index is 12.4. The first-order valence-corrected chi connectivity index (χ1v) is 9.60. The molecule has 25 heavy (non-hydrogen) atoms. The van der Waals surface area contributed by atoms with Gasteiger partial charge in [-0.3, -0.25) is 4.79 Å². The molecule has 0 amide bonds. The van der Waals surface area contributed by atoms with Crippen LogP contribution in [0, 0.1) is 11.8 Å². The molecule has 0 radical (unpaired) electrons.